The van der Waals surface area contributed by atoms with Crippen LogP contribution in [0.15, 0.2) is 84.9 Å². The van der Waals surface area contributed by atoms with Crippen molar-refractivity contribution in [3.63, 3.8) is 0 Å². The molecule has 3 atom stereocenters. The lowest BCUT2D eigenvalue weighted by molar-refractivity contribution is -0.122. The Bertz CT molecular complexity index is 1750. The number of aryl methyl sites for hydroxylation is 2. The lowest BCUT2D eigenvalue weighted by Crippen LogP contribution is -2.30. The molecule has 0 bridgehead atoms. The summed E-state index contributed by atoms with van der Waals surface area (Å²) in [6.45, 7) is 5.44. The third kappa shape index (κ3) is 4.91. The van der Waals surface area contributed by atoms with E-state index in [1.54, 1.807) is 49.4 Å². The van der Waals surface area contributed by atoms with Gasteiger partial charge in [-0.05, 0) is 63.9 Å². The monoisotopic (exact) mass is 558 g/mol. The van der Waals surface area contributed by atoms with Gasteiger partial charge >= 0.3 is 5.97 Å². The normalized spacial score (nSPS) is 18.7. The van der Waals surface area contributed by atoms with Crippen LogP contribution in [0, 0.1) is 25.7 Å². The highest BCUT2D eigenvalue weighted by molar-refractivity contribution is 6.22. The van der Waals surface area contributed by atoms with E-state index in [1.165, 1.54) is 4.90 Å². The van der Waals surface area contributed by atoms with Gasteiger partial charge in [0.25, 0.3) is 0 Å². The molecule has 2 amide bonds. The second-order valence-corrected chi connectivity index (χ2v) is 11.1. The van der Waals surface area contributed by atoms with Gasteiger partial charge in [-0.1, -0.05) is 65.7 Å². The van der Waals surface area contributed by atoms with Crippen LogP contribution in [0.3, 0.4) is 0 Å². The Labute approximate surface area is 243 Å². The summed E-state index contributed by atoms with van der Waals surface area (Å²) in [5.74, 6) is -1.84. The number of hydrogen-bond donors (Lipinski definition) is 0. The molecule has 1 saturated heterocycles. The number of carbonyl (C=O) groups is 4. The zero-order chi connectivity index (χ0) is 29.5. The Balaban J connectivity index is 1.30. The number of aromatic nitrogens is 1. The average molecular weight is 559 g/mol. The lowest BCUT2D eigenvalue weighted by Gasteiger charge is -2.16. The van der Waals surface area contributed by atoms with Crippen molar-refractivity contribution >= 4 is 40.2 Å². The number of pyridine rings is 1. The first-order chi connectivity index (χ1) is 20.2. The van der Waals surface area contributed by atoms with E-state index in [0.29, 0.717) is 51.8 Å². The highest BCUT2D eigenvalue weighted by atomic mass is 16.5. The summed E-state index contributed by atoms with van der Waals surface area (Å²) in [5, 5.41) is 0.625. The molecule has 0 radical (unpaired) electrons. The number of amides is 2. The van der Waals surface area contributed by atoms with Crippen molar-refractivity contribution in [1.29, 1.82) is 0 Å². The smallest absolute Gasteiger partial charge is 0.339 e. The molecule has 4 aromatic rings. The SMILES string of the molecule is Cc1ccc(C(=O)C(C)OC(=O)c2cc(-c3ccc(N4C(=O)C5CC=CCC5C4=O)cc3)nc3ccc(C)cc23)cc1. The van der Waals surface area contributed by atoms with E-state index in [2.05, 4.69) is 0 Å². The summed E-state index contributed by atoms with van der Waals surface area (Å²) in [7, 11) is 0. The van der Waals surface area contributed by atoms with Gasteiger partial charge in [0.05, 0.1) is 34.3 Å². The van der Waals surface area contributed by atoms with E-state index in [1.807, 2.05) is 56.3 Å². The Morgan fingerprint density at radius 1 is 0.833 bits per heavy atom. The molecule has 42 heavy (non-hydrogen) atoms. The number of Topliss-reactive ketones (excluding diaryl/α,β-unsaturated/α-hetero) is 1. The summed E-state index contributed by atoms with van der Waals surface area (Å²) in [6.07, 6.45) is 4.11. The van der Waals surface area contributed by atoms with E-state index in [9.17, 15) is 19.2 Å². The first kappa shape index (κ1) is 27.3. The predicted octanol–water partition coefficient (Wildman–Crippen LogP) is 6.40. The highest BCUT2D eigenvalue weighted by Crippen LogP contribution is 2.38. The van der Waals surface area contributed by atoms with Gasteiger partial charge in [0.15, 0.2) is 6.10 Å². The minimum absolute atomic E-state index is 0.166. The van der Waals surface area contributed by atoms with Gasteiger partial charge < -0.3 is 4.74 Å². The van der Waals surface area contributed by atoms with Gasteiger partial charge in [-0.3, -0.25) is 19.3 Å². The van der Waals surface area contributed by atoms with Gasteiger partial charge in [0.2, 0.25) is 17.6 Å². The van der Waals surface area contributed by atoms with Crippen molar-refractivity contribution in [2.24, 2.45) is 11.8 Å². The third-order valence-electron chi connectivity index (χ3n) is 8.10. The first-order valence-electron chi connectivity index (χ1n) is 14.1. The van der Waals surface area contributed by atoms with Crippen molar-refractivity contribution < 1.29 is 23.9 Å². The van der Waals surface area contributed by atoms with Gasteiger partial charge in [-0.15, -0.1) is 0 Å². The van der Waals surface area contributed by atoms with Crippen molar-refractivity contribution in [2.45, 2.75) is 39.7 Å². The maximum absolute atomic E-state index is 13.5. The molecule has 7 heteroatoms. The number of hydrogen-bond acceptors (Lipinski definition) is 6. The molecule has 6 rings (SSSR count). The Hall–Kier alpha value is -4.91. The van der Waals surface area contributed by atoms with Gasteiger partial charge in [-0.25, -0.2) is 9.78 Å². The number of esters is 1. The standard InChI is InChI=1S/C35H30N2O5/c1-20-8-11-24(12-9-20)32(38)22(3)42-35(41)29-19-31(36-30-17-10-21(2)18-28(29)30)23-13-15-25(16-14-23)37-33(39)26-6-4-5-7-27(26)34(37)40/h4-5,8-19,22,26-27H,6-7H2,1-3H3. The van der Waals surface area contributed by atoms with Crippen molar-refractivity contribution in [2.75, 3.05) is 4.90 Å². The molecule has 0 N–H and O–H groups in total. The minimum atomic E-state index is -0.981. The fourth-order valence-electron chi connectivity index (χ4n) is 5.72. The molecule has 210 valence electrons. The summed E-state index contributed by atoms with van der Waals surface area (Å²) in [5.41, 5.74) is 5.11. The van der Waals surface area contributed by atoms with Crippen LogP contribution in [0.2, 0.25) is 0 Å². The molecule has 7 nitrogen and oxygen atoms in total. The molecule has 1 aliphatic heterocycles. The third-order valence-corrected chi connectivity index (χ3v) is 8.10. The van der Waals surface area contributed by atoms with Crippen LogP contribution in [-0.2, 0) is 14.3 Å². The van der Waals surface area contributed by atoms with Crippen LogP contribution in [0.25, 0.3) is 22.2 Å². The summed E-state index contributed by atoms with van der Waals surface area (Å²) in [6, 6.07) is 21.5. The van der Waals surface area contributed by atoms with Crippen LogP contribution in [0.5, 0.6) is 0 Å². The number of anilines is 1. The quantitative estimate of drug-likeness (QED) is 0.118. The number of ether oxygens (including phenoxy) is 1. The molecular weight excluding hydrogens is 528 g/mol. The highest BCUT2D eigenvalue weighted by Gasteiger charge is 2.47. The zero-order valence-corrected chi connectivity index (χ0v) is 23.7. The van der Waals surface area contributed by atoms with E-state index in [4.69, 9.17) is 9.72 Å². The second kappa shape index (κ2) is 10.8. The Kier molecular flexibility index (Phi) is 7.02. The molecule has 3 unspecified atom stereocenters. The van der Waals surface area contributed by atoms with Crippen molar-refractivity contribution in [3.05, 3.63) is 107 Å². The van der Waals surface area contributed by atoms with Gasteiger partial charge in [0, 0.05) is 16.5 Å². The first-order valence-corrected chi connectivity index (χ1v) is 14.1. The summed E-state index contributed by atoms with van der Waals surface area (Å²) in [4.78, 5) is 58.6. The maximum Gasteiger partial charge on any atom is 0.339 e. The Morgan fingerprint density at radius 2 is 1.45 bits per heavy atom. The van der Waals surface area contributed by atoms with E-state index >= 15 is 0 Å². The molecule has 2 aliphatic rings. The second-order valence-electron chi connectivity index (χ2n) is 11.1. The number of nitrogens with zero attached hydrogens (tertiary/aromatic N) is 2. The number of rotatable bonds is 6. The number of imide groups is 1. The molecule has 0 spiro atoms. The van der Waals surface area contributed by atoms with Crippen LogP contribution in [-0.4, -0.2) is 34.7 Å². The fourth-order valence-corrected chi connectivity index (χ4v) is 5.72. The summed E-state index contributed by atoms with van der Waals surface area (Å²) < 4.78 is 5.68. The predicted molar refractivity (Wildman–Crippen MR) is 160 cm³/mol. The van der Waals surface area contributed by atoms with Gasteiger partial charge in [-0.2, -0.15) is 0 Å². The van der Waals surface area contributed by atoms with Crippen LogP contribution in [0.4, 0.5) is 5.69 Å². The maximum atomic E-state index is 13.5. The summed E-state index contributed by atoms with van der Waals surface area (Å²) >= 11 is 0. The topological polar surface area (TPSA) is 93.6 Å². The number of fused-ring (bicyclic) bond motifs is 2. The van der Waals surface area contributed by atoms with E-state index < -0.39 is 12.1 Å². The van der Waals surface area contributed by atoms with Crippen molar-refractivity contribution in [1.82, 2.24) is 4.98 Å². The number of carbonyl (C=O) groups excluding carboxylic acids is 4. The van der Waals surface area contributed by atoms with Crippen molar-refractivity contribution in [3.8, 4) is 11.3 Å². The largest absolute Gasteiger partial charge is 0.451 e. The molecule has 1 aromatic heterocycles. The number of benzene rings is 3. The van der Waals surface area contributed by atoms with Gasteiger partial charge in [0.1, 0.15) is 0 Å². The molecular formula is C35H30N2O5. The van der Waals surface area contributed by atoms with Crippen LogP contribution < -0.4 is 4.90 Å². The van der Waals surface area contributed by atoms with Crippen LogP contribution in [0.1, 0.15) is 51.6 Å². The van der Waals surface area contributed by atoms with Crippen LogP contribution >= 0.6 is 0 Å². The molecule has 2 heterocycles. The lowest BCUT2D eigenvalue weighted by atomic mass is 9.85. The van der Waals surface area contributed by atoms with E-state index in [0.717, 1.165) is 11.1 Å². The number of allylic oxidation sites excluding steroid dienone is 2. The Morgan fingerprint density at radius 3 is 2.10 bits per heavy atom. The van der Waals surface area contributed by atoms with E-state index in [-0.39, 0.29) is 29.4 Å². The average Bonchev–Trinajstić information content (AvgIpc) is 3.26. The number of ketones is 1. The molecule has 1 fully saturated rings. The molecule has 1 aliphatic carbocycles. The zero-order valence-electron chi connectivity index (χ0n) is 23.7. The fraction of sp³-hybridized carbons (Fsp3) is 0.229. The minimum Gasteiger partial charge on any atom is -0.451 e. The molecule has 0 saturated carbocycles. The molecule has 3 aromatic carbocycles.